The first kappa shape index (κ1) is 21.6. The first-order valence-corrected chi connectivity index (χ1v) is 8.73. The predicted molar refractivity (Wildman–Crippen MR) is 86.3 cm³/mol. The zero-order valence-electron chi connectivity index (χ0n) is 13.7. The molecule has 0 saturated heterocycles. The van der Waals surface area contributed by atoms with Gasteiger partial charge in [0.05, 0.1) is 6.61 Å². The molecule has 0 fully saturated rings. The molecule has 0 unspecified atom stereocenters. The quantitative estimate of drug-likeness (QED) is 0.255. The zero-order valence-corrected chi connectivity index (χ0v) is 15.1. The maximum Gasteiger partial charge on any atom is 0.333 e. The summed E-state index contributed by atoms with van der Waals surface area (Å²) < 4.78 is 15.4. The minimum Gasteiger partial charge on any atom is -0.462 e. The van der Waals surface area contributed by atoms with Crippen molar-refractivity contribution in [3.8, 4) is 0 Å². The van der Waals surface area contributed by atoms with Crippen LogP contribution in [-0.4, -0.2) is 35.8 Å². The highest BCUT2D eigenvalue weighted by Gasteiger charge is 1.99. The second kappa shape index (κ2) is 18.3. The Labute approximate surface area is 126 Å². The van der Waals surface area contributed by atoms with Crippen LogP contribution < -0.4 is 0 Å². The van der Waals surface area contributed by atoms with Crippen molar-refractivity contribution in [2.75, 3.05) is 19.8 Å². The van der Waals surface area contributed by atoms with Crippen molar-refractivity contribution in [1.29, 1.82) is 0 Å². The fraction of sp³-hybridized carbons (Fsp3) is 0.800. The molecule has 0 heterocycles. The molecule has 0 bridgehead atoms. The Hall–Kier alpha value is -0.653. The molecule has 0 aromatic rings. The van der Waals surface area contributed by atoms with Gasteiger partial charge in [-0.2, -0.15) is 0 Å². The van der Waals surface area contributed by atoms with Crippen LogP contribution in [0.15, 0.2) is 12.2 Å². The van der Waals surface area contributed by atoms with Crippen molar-refractivity contribution in [2.45, 2.75) is 59.8 Å². The third-order valence-corrected chi connectivity index (χ3v) is 3.15. The third-order valence-electron chi connectivity index (χ3n) is 2.24. The first-order chi connectivity index (χ1) is 9.59. The molecule has 0 aromatic carbocycles. The summed E-state index contributed by atoms with van der Waals surface area (Å²) >= 11 is 0. The molecule has 0 saturated carbocycles. The van der Waals surface area contributed by atoms with Crippen molar-refractivity contribution in [3.63, 3.8) is 0 Å². The average molecular weight is 305 g/mol. The molecule has 120 valence electrons. The van der Waals surface area contributed by atoms with Gasteiger partial charge in [-0.15, -0.1) is 0 Å². The van der Waals surface area contributed by atoms with E-state index in [1.54, 1.807) is 6.92 Å². The van der Waals surface area contributed by atoms with Crippen LogP contribution in [0.4, 0.5) is 0 Å². The molecule has 0 aliphatic rings. The van der Waals surface area contributed by atoms with Gasteiger partial charge >= 0.3 is 16.0 Å². The van der Waals surface area contributed by atoms with Crippen LogP contribution in [0.2, 0.25) is 0 Å². The van der Waals surface area contributed by atoms with Gasteiger partial charge in [0.15, 0.2) is 0 Å². The maximum absolute atomic E-state index is 10.6. The smallest absolute Gasteiger partial charge is 0.333 e. The van der Waals surface area contributed by atoms with E-state index in [0.717, 1.165) is 19.6 Å². The van der Waals surface area contributed by atoms with Crippen LogP contribution in [0.3, 0.4) is 0 Å². The number of carbonyl (C=O) groups excluding carboxylic acids is 1. The highest BCUT2D eigenvalue weighted by Crippen LogP contribution is 1.92. The average Bonchev–Trinajstić information content (AvgIpc) is 2.44. The van der Waals surface area contributed by atoms with Crippen molar-refractivity contribution >= 4 is 16.0 Å². The van der Waals surface area contributed by atoms with Crippen molar-refractivity contribution in [3.05, 3.63) is 12.2 Å². The Kier molecular flexibility index (Phi) is 19.9. The lowest BCUT2D eigenvalue weighted by Crippen LogP contribution is -2.06. The van der Waals surface area contributed by atoms with Gasteiger partial charge in [-0.25, -0.2) is 4.79 Å². The van der Waals surface area contributed by atoms with E-state index < -0.39 is 10.0 Å². The number of carbonyl (C=O) groups is 1. The minimum absolute atomic E-state index is 0.295. The van der Waals surface area contributed by atoms with E-state index in [9.17, 15) is 4.79 Å². The van der Waals surface area contributed by atoms with E-state index >= 15 is 0 Å². The Bertz CT molecular complexity index is 224. The van der Waals surface area contributed by atoms with Crippen molar-refractivity contribution < 1.29 is 18.4 Å². The summed E-state index contributed by atoms with van der Waals surface area (Å²) in [6.07, 6.45) is 5.63. The van der Waals surface area contributed by atoms with Gasteiger partial charge in [-0.1, -0.05) is 40.2 Å². The molecule has 0 N–H and O–H groups in total. The lowest BCUT2D eigenvalue weighted by molar-refractivity contribution is -0.138. The Morgan fingerprint density at radius 3 is 1.80 bits per heavy atom. The summed E-state index contributed by atoms with van der Waals surface area (Å²) in [7, 11) is -0.629. The van der Waals surface area contributed by atoms with Crippen LogP contribution >= 0.6 is 0 Å². The summed E-state index contributed by atoms with van der Waals surface area (Å²) in [5.41, 5.74) is 0.462. The van der Waals surface area contributed by atoms with Crippen LogP contribution in [-0.2, 0) is 18.4 Å². The fourth-order valence-electron chi connectivity index (χ4n) is 0.988. The standard InChI is InChI=1S/C8H20O2Si.C7H12O2/c1-3-5-7-9-11-10-8-6-4-2;1-4-5-9-7(8)6(2)3/h3-8,11H2,1-2H3;2,4-5H2,1,3H3. The van der Waals surface area contributed by atoms with Crippen LogP contribution in [0.25, 0.3) is 0 Å². The summed E-state index contributed by atoms with van der Waals surface area (Å²) in [5.74, 6) is -0.295. The normalized spacial score (nSPS) is 9.60. The number of esters is 1. The van der Waals surface area contributed by atoms with E-state index in [4.69, 9.17) is 13.6 Å². The lowest BCUT2D eigenvalue weighted by atomic mass is 10.4. The van der Waals surface area contributed by atoms with Gasteiger partial charge < -0.3 is 13.6 Å². The molecule has 0 atom stereocenters. The molecule has 4 nitrogen and oxygen atoms in total. The molecule has 5 heteroatoms. The van der Waals surface area contributed by atoms with Crippen LogP contribution in [0, 0.1) is 0 Å². The summed E-state index contributed by atoms with van der Waals surface area (Å²) in [6, 6.07) is 0. The first-order valence-electron chi connectivity index (χ1n) is 7.58. The maximum atomic E-state index is 10.6. The van der Waals surface area contributed by atoms with Gasteiger partial charge in [0.1, 0.15) is 0 Å². The second-order valence-corrected chi connectivity index (χ2v) is 5.61. The van der Waals surface area contributed by atoms with Gasteiger partial charge in [0.2, 0.25) is 0 Å². The number of unbranched alkanes of at least 4 members (excludes halogenated alkanes) is 2. The third kappa shape index (κ3) is 19.7. The molecular weight excluding hydrogens is 272 g/mol. The van der Waals surface area contributed by atoms with E-state index in [0.29, 0.717) is 12.2 Å². The molecule has 0 spiro atoms. The van der Waals surface area contributed by atoms with Crippen molar-refractivity contribution in [2.24, 2.45) is 0 Å². The molecule has 0 radical (unpaired) electrons. The largest absolute Gasteiger partial charge is 0.462 e. The molecule has 20 heavy (non-hydrogen) atoms. The SMILES string of the molecule is C=C(C)C(=O)OCCC.CCCCO[SiH2]OCCCC. The van der Waals surface area contributed by atoms with E-state index in [-0.39, 0.29) is 5.97 Å². The summed E-state index contributed by atoms with van der Waals surface area (Å²) in [4.78, 5) is 10.6. The molecular formula is C15H32O4Si. The molecule has 0 aromatic heterocycles. The topological polar surface area (TPSA) is 44.8 Å². The number of hydrogen-bond donors (Lipinski definition) is 0. The molecule has 0 rings (SSSR count). The molecule has 0 amide bonds. The Morgan fingerprint density at radius 2 is 1.45 bits per heavy atom. The Morgan fingerprint density at radius 1 is 0.950 bits per heavy atom. The van der Waals surface area contributed by atoms with Gasteiger partial charge in [-0.3, -0.25) is 0 Å². The number of rotatable bonds is 11. The van der Waals surface area contributed by atoms with E-state index in [2.05, 4.69) is 20.4 Å². The molecule has 0 aliphatic carbocycles. The van der Waals surface area contributed by atoms with Crippen LogP contribution in [0.1, 0.15) is 59.8 Å². The van der Waals surface area contributed by atoms with Gasteiger partial charge in [0.25, 0.3) is 0 Å². The highest BCUT2D eigenvalue weighted by molar-refractivity contribution is 6.17. The summed E-state index contributed by atoms with van der Waals surface area (Å²) in [5, 5.41) is 0. The lowest BCUT2D eigenvalue weighted by Gasteiger charge is -2.03. The number of ether oxygens (including phenoxy) is 1. The highest BCUT2D eigenvalue weighted by atomic mass is 28.3. The van der Waals surface area contributed by atoms with Crippen molar-refractivity contribution in [1.82, 2.24) is 0 Å². The second-order valence-electron chi connectivity index (χ2n) is 4.56. The van der Waals surface area contributed by atoms with Gasteiger partial charge in [0, 0.05) is 18.8 Å². The fourth-order valence-corrected chi connectivity index (χ4v) is 1.75. The molecule has 0 aliphatic heterocycles. The summed E-state index contributed by atoms with van der Waals surface area (Å²) in [6.45, 7) is 13.6. The number of hydrogen-bond acceptors (Lipinski definition) is 4. The Balaban J connectivity index is 0. The van der Waals surface area contributed by atoms with Crippen LogP contribution in [0.5, 0.6) is 0 Å². The minimum atomic E-state index is -0.629. The monoisotopic (exact) mass is 304 g/mol. The van der Waals surface area contributed by atoms with E-state index in [1.165, 1.54) is 25.7 Å². The predicted octanol–water partition coefficient (Wildman–Crippen LogP) is 3.13. The van der Waals surface area contributed by atoms with E-state index in [1.807, 2.05) is 6.92 Å². The zero-order chi connectivity index (χ0) is 15.6. The van der Waals surface area contributed by atoms with Gasteiger partial charge in [-0.05, 0) is 26.2 Å².